The van der Waals surface area contributed by atoms with Gasteiger partial charge in [-0.25, -0.2) is 4.98 Å². The summed E-state index contributed by atoms with van der Waals surface area (Å²) in [6.07, 6.45) is 3.65. The van der Waals surface area contributed by atoms with Crippen LogP contribution in [0, 0.1) is 0 Å². The number of hydrogen-bond donors (Lipinski definition) is 1. The molecule has 6 nitrogen and oxygen atoms in total. The molecule has 1 aliphatic heterocycles. The number of benzene rings is 1. The van der Waals surface area contributed by atoms with Crippen molar-refractivity contribution < 1.29 is 14.3 Å². The van der Waals surface area contributed by atoms with Crippen LogP contribution in [0.2, 0.25) is 0 Å². The molecule has 1 amide bonds. The molecule has 0 spiro atoms. The highest BCUT2D eigenvalue weighted by Gasteiger charge is 2.14. The van der Waals surface area contributed by atoms with Crippen molar-refractivity contribution in [3.63, 3.8) is 0 Å². The van der Waals surface area contributed by atoms with Gasteiger partial charge in [-0.2, -0.15) is 0 Å². The van der Waals surface area contributed by atoms with E-state index in [1.807, 2.05) is 18.2 Å². The largest absolute Gasteiger partial charge is 0.463 e. The molecule has 6 heteroatoms. The molecule has 0 saturated carbocycles. The van der Waals surface area contributed by atoms with Crippen LogP contribution in [0.1, 0.15) is 35.3 Å². The van der Waals surface area contributed by atoms with Crippen molar-refractivity contribution in [3.8, 4) is 0 Å². The van der Waals surface area contributed by atoms with Gasteiger partial charge in [-0.3, -0.25) is 9.59 Å². The maximum atomic E-state index is 11.4. The van der Waals surface area contributed by atoms with E-state index in [9.17, 15) is 9.59 Å². The molecule has 0 aliphatic carbocycles. The fourth-order valence-corrected chi connectivity index (χ4v) is 3.00. The number of anilines is 1. The fraction of sp³-hybridized carbons (Fsp3) is 0.353. The van der Waals surface area contributed by atoms with E-state index in [2.05, 4.69) is 9.88 Å². The van der Waals surface area contributed by atoms with Crippen LogP contribution >= 0.6 is 0 Å². The van der Waals surface area contributed by atoms with Gasteiger partial charge in [-0.1, -0.05) is 0 Å². The monoisotopic (exact) mass is 313 g/mol. The number of fused-ring (bicyclic) bond motifs is 1. The van der Waals surface area contributed by atoms with Gasteiger partial charge in [0, 0.05) is 29.7 Å². The van der Waals surface area contributed by atoms with Crippen LogP contribution in [0.15, 0.2) is 24.3 Å². The molecule has 0 atom stereocenters. The number of primary amides is 1. The van der Waals surface area contributed by atoms with Gasteiger partial charge in [0.05, 0.1) is 5.52 Å². The molecule has 2 N–H and O–H groups in total. The molecule has 23 heavy (non-hydrogen) atoms. The molecular weight excluding hydrogens is 294 g/mol. The highest BCUT2D eigenvalue weighted by atomic mass is 16.5. The summed E-state index contributed by atoms with van der Waals surface area (Å²) in [6, 6.07) is 7.53. The van der Waals surface area contributed by atoms with Crippen molar-refractivity contribution in [2.45, 2.75) is 25.9 Å². The summed E-state index contributed by atoms with van der Waals surface area (Å²) >= 11 is 0. The van der Waals surface area contributed by atoms with Gasteiger partial charge in [-0.05, 0) is 43.5 Å². The van der Waals surface area contributed by atoms with Crippen molar-refractivity contribution >= 4 is 29.0 Å². The van der Waals surface area contributed by atoms with E-state index in [-0.39, 0.29) is 12.3 Å². The van der Waals surface area contributed by atoms with E-state index < -0.39 is 5.91 Å². The van der Waals surface area contributed by atoms with E-state index in [1.165, 1.54) is 19.3 Å². The molecule has 1 aliphatic rings. The van der Waals surface area contributed by atoms with Gasteiger partial charge in [0.15, 0.2) is 0 Å². The van der Waals surface area contributed by atoms with Gasteiger partial charge in [-0.15, -0.1) is 0 Å². The maximum Gasteiger partial charge on any atom is 0.293 e. The van der Waals surface area contributed by atoms with Crippen molar-refractivity contribution in [3.05, 3.63) is 35.5 Å². The summed E-state index contributed by atoms with van der Waals surface area (Å²) in [5, 5.41) is 0.875. The number of nitrogens with zero attached hydrogens (tertiary/aromatic N) is 2. The van der Waals surface area contributed by atoms with Crippen LogP contribution in [0.4, 0.5) is 5.69 Å². The number of hydrogen-bond acceptors (Lipinski definition) is 5. The Kier molecular flexibility index (Phi) is 4.41. The average molecular weight is 313 g/mol. The molecule has 0 bridgehead atoms. The smallest absolute Gasteiger partial charge is 0.293 e. The summed E-state index contributed by atoms with van der Waals surface area (Å²) in [5.74, 6) is -0.598. The molecule has 2 aromatic rings. The lowest BCUT2D eigenvalue weighted by Crippen LogP contribution is -2.29. The Balaban J connectivity index is 2.06. The number of ether oxygens (including phenoxy) is 1. The molecule has 1 fully saturated rings. The second-order valence-corrected chi connectivity index (χ2v) is 5.69. The Morgan fingerprint density at radius 2 is 2.04 bits per heavy atom. The van der Waals surface area contributed by atoms with Crippen LogP contribution in [0.3, 0.4) is 0 Å². The second kappa shape index (κ2) is 6.64. The summed E-state index contributed by atoms with van der Waals surface area (Å²) in [4.78, 5) is 28.6. The first-order valence-corrected chi connectivity index (χ1v) is 7.73. The number of piperidine rings is 1. The number of rotatable bonds is 5. The Morgan fingerprint density at radius 3 is 2.74 bits per heavy atom. The zero-order chi connectivity index (χ0) is 16.2. The maximum absolute atomic E-state index is 11.4. The molecule has 1 aromatic carbocycles. The number of amides is 1. The quantitative estimate of drug-likeness (QED) is 0.853. The lowest BCUT2D eigenvalue weighted by Gasteiger charge is -2.29. The minimum atomic E-state index is -0.598. The number of carbonyl (C=O) groups is 2. The molecule has 120 valence electrons. The zero-order valence-electron chi connectivity index (χ0n) is 12.8. The normalized spacial score (nSPS) is 14.7. The zero-order valence-corrected chi connectivity index (χ0v) is 12.8. The van der Waals surface area contributed by atoms with Gasteiger partial charge in [0.25, 0.3) is 12.4 Å². The van der Waals surface area contributed by atoms with Crippen molar-refractivity contribution in [2.75, 3.05) is 18.0 Å². The summed E-state index contributed by atoms with van der Waals surface area (Å²) in [5.41, 5.74) is 8.03. The SMILES string of the molecule is NC(=O)c1cc(COC=O)c2cc(N3CCCCC3)ccc2n1. The minimum absolute atomic E-state index is 0.0895. The first kappa shape index (κ1) is 15.3. The summed E-state index contributed by atoms with van der Waals surface area (Å²) < 4.78 is 4.87. The van der Waals surface area contributed by atoms with E-state index >= 15 is 0 Å². The van der Waals surface area contributed by atoms with E-state index in [4.69, 9.17) is 10.5 Å². The van der Waals surface area contributed by atoms with Crippen LogP contribution in [0.5, 0.6) is 0 Å². The fourth-order valence-electron chi connectivity index (χ4n) is 3.00. The molecule has 1 aromatic heterocycles. The summed E-state index contributed by atoms with van der Waals surface area (Å²) in [6.45, 7) is 2.56. The third kappa shape index (κ3) is 3.26. The van der Waals surface area contributed by atoms with Crippen LogP contribution in [-0.4, -0.2) is 30.5 Å². The van der Waals surface area contributed by atoms with Crippen molar-refractivity contribution in [1.82, 2.24) is 4.98 Å². The van der Waals surface area contributed by atoms with Crippen molar-refractivity contribution in [1.29, 1.82) is 0 Å². The molecule has 3 rings (SSSR count). The van der Waals surface area contributed by atoms with Crippen molar-refractivity contribution in [2.24, 2.45) is 5.73 Å². The summed E-state index contributed by atoms with van der Waals surface area (Å²) in [7, 11) is 0. The van der Waals surface area contributed by atoms with E-state index in [0.717, 1.165) is 29.7 Å². The number of nitrogens with two attached hydrogens (primary N) is 1. The molecule has 0 unspecified atom stereocenters. The van der Waals surface area contributed by atoms with Crippen LogP contribution in [-0.2, 0) is 16.1 Å². The lowest BCUT2D eigenvalue weighted by molar-refractivity contribution is -0.129. The lowest BCUT2D eigenvalue weighted by atomic mass is 10.0. The predicted octanol–water partition coefficient (Wildman–Crippen LogP) is 2.00. The Bertz CT molecular complexity index is 739. The average Bonchev–Trinajstić information content (AvgIpc) is 2.59. The molecule has 0 radical (unpaired) electrons. The first-order chi connectivity index (χ1) is 11.2. The van der Waals surface area contributed by atoms with Crippen LogP contribution in [0.25, 0.3) is 10.9 Å². The Hall–Kier alpha value is -2.63. The number of pyridine rings is 1. The third-order valence-electron chi connectivity index (χ3n) is 4.16. The van der Waals surface area contributed by atoms with E-state index in [0.29, 0.717) is 12.0 Å². The predicted molar refractivity (Wildman–Crippen MR) is 87.2 cm³/mol. The molecule has 1 saturated heterocycles. The molecule has 2 heterocycles. The van der Waals surface area contributed by atoms with E-state index in [1.54, 1.807) is 6.07 Å². The van der Waals surface area contributed by atoms with Gasteiger partial charge in [0.1, 0.15) is 12.3 Å². The highest BCUT2D eigenvalue weighted by molar-refractivity contribution is 5.95. The Morgan fingerprint density at radius 1 is 1.26 bits per heavy atom. The van der Waals surface area contributed by atoms with Gasteiger partial charge < -0.3 is 15.4 Å². The topological polar surface area (TPSA) is 85.5 Å². The van der Waals surface area contributed by atoms with Crippen LogP contribution < -0.4 is 10.6 Å². The minimum Gasteiger partial charge on any atom is -0.463 e. The van der Waals surface area contributed by atoms with Gasteiger partial charge in [0.2, 0.25) is 0 Å². The number of aromatic nitrogens is 1. The third-order valence-corrected chi connectivity index (χ3v) is 4.16. The first-order valence-electron chi connectivity index (χ1n) is 7.73. The number of carbonyl (C=O) groups excluding carboxylic acids is 2. The van der Waals surface area contributed by atoms with Gasteiger partial charge >= 0.3 is 0 Å². The highest BCUT2D eigenvalue weighted by Crippen LogP contribution is 2.27. The second-order valence-electron chi connectivity index (χ2n) is 5.69. The standard InChI is InChI=1S/C17H19N3O3/c18-17(22)16-8-12(10-23-11-21)14-9-13(4-5-15(14)19-16)20-6-2-1-3-7-20/h4-5,8-9,11H,1-3,6-7,10H2,(H2,18,22). The molecular formula is C17H19N3O3. The Labute approximate surface area is 134 Å².